The number of hydrogen-bond acceptors (Lipinski definition) is 4. The fraction of sp³-hybridized carbons (Fsp3) is 0.290. The molecule has 0 aliphatic carbocycles. The van der Waals surface area contributed by atoms with E-state index in [0.29, 0.717) is 24.5 Å². The Labute approximate surface area is 217 Å². The number of aldehydes is 1. The van der Waals surface area contributed by atoms with Gasteiger partial charge in [-0.05, 0) is 79.7 Å². The number of amides is 1. The first-order chi connectivity index (χ1) is 18.1. The lowest BCUT2D eigenvalue weighted by molar-refractivity contribution is 0.0838. The number of ether oxygens (including phenoxy) is 1. The van der Waals surface area contributed by atoms with Gasteiger partial charge < -0.3 is 14.7 Å². The van der Waals surface area contributed by atoms with Crippen LogP contribution in [0.3, 0.4) is 0 Å². The Morgan fingerprint density at radius 3 is 2.38 bits per heavy atom. The molecule has 6 rings (SSSR count). The molecule has 0 unspecified atom stereocenters. The van der Waals surface area contributed by atoms with Crippen molar-refractivity contribution >= 4 is 24.1 Å². The number of carbonyl (C=O) groups excluding carboxylic acids is 1. The van der Waals surface area contributed by atoms with Gasteiger partial charge in [0, 0.05) is 17.7 Å². The van der Waals surface area contributed by atoms with Gasteiger partial charge in [0.15, 0.2) is 0 Å². The number of carboxylic acid groups (broad SMARTS) is 1. The van der Waals surface area contributed by atoms with Crippen molar-refractivity contribution in [2.75, 3.05) is 31.1 Å². The van der Waals surface area contributed by atoms with Crippen molar-refractivity contribution in [3.8, 4) is 16.9 Å². The van der Waals surface area contributed by atoms with Crippen LogP contribution in [0.1, 0.15) is 35.2 Å². The number of benzene rings is 3. The van der Waals surface area contributed by atoms with E-state index in [-0.39, 0.29) is 6.04 Å². The van der Waals surface area contributed by atoms with E-state index in [2.05, 4.69) is 4.90 Å². The summed E-state index contributed by atoms with van der Waals surface area (Å²) in [7, 11) is 0. The normalized spacial score (nSPS) is 20.6. The molecular formula is C31H32N2O4. The molecule has 3 aromatic carbocycles. The fourth-order valence-electron chi connectivity index (χ4n) is 5.47. The topological polar surface area (TPSA) is 70.1 Å². The standard InChI is InChI=1S/C31H32N2O4/c34-22-24-9-12-27(13-10-24)37-19-5-4-6-23-11-14-28(25-7-2-1-3-8-25)29(20-23)33(31(35)36)30-21-32-17-15-26(30)16-18-32/h1-4,6-14,20,22,26,30H,5,15-19,21H2,(H,35,36)/t30-/m0/s1. The predicted octanol–water partition coefficient (Wildman–Crippen LogP) is 6.23. The van der Waals surface area contributed by atoms with Crippen LogP contribution in [0, 0.1) is 5.92 Å². The van der Waals surface area contributed by atoms with Crippen molar-refractivity contribution in [1.82, 2.24) is 4.90 Å². The van der Waals surface area contributed by atoms with Gasteiger partial charge >= 0.3 is 6.09 Å². The second-order valence-corrected chi connectivity index (χ2v) is 9.73. The molecule has 0 saturated carbocycles. The maximum absolute atomic E-state index is 12.7. The molecule has 1 atom stereocenters. The highest BCUT2D eigenvalue weighted by molar-refractivity contribution is 5.94. The first-order valence-corrected chi connectivity index (χ1v) is 12.9. The Balaban J connectivity index is 1.37. The third-order valence-corrected chi connectivity index (χ3v) is 7.41. The third kappa shape index (κ3) is 5.75. The summed E-state index contributed by atoms with van der Waals surface area (Å²) >= 11 is 0. The van der Waals surface area contributed by atoms with Crippen LogP contribution in [0.25, 0.3) is 17.2 Å². The van der Waals surface area contributed by atoms with Crippen molar-refractivity contribution in [2.45, 2.75) is 25.3 Å². The summed E-state index contributed by atoms with van der Waals surface area (Å²) in [5.41, 5.74) is 4.26. The lowest BCUT2D eigenvalue weighted by atomic mass is 9.82. The Morgan fingerprint density at radius 2 is 1.73 bits per heavy atom. The average Bonchev–Trinajstić information content (AvgIpc) is 2.94. The molecule has 3 fully saturated rings. The predicted molar refractivity (Wildman–Crippen MR) is 146 cm³/mol. The monoisotopic (exact) mass is 496 g/mol. The van der Waals surface area contributed by atoms with E-state index in [9.17, 15) is 14.7 Å². The molecule has 3 aliphatic rings. The minimum atomic E-state index is -0.897. The summed E-state index contributed by atoms with van der Waals surface area (Å²) in [6.07, 6.45) is 6.78. The van der Waals surface area contributed by atoms with Gasteiger partial charge in [0.2, 0.25) is 0 Å². The van der Waals surface area contributed by atoms with Crippen molar-refractivity contribution in [2.24, 2.45) is 5.92 Å². The molecule has 3 heterocycles. The molecule has 37 heavy (non-hydrogen) atoms. The van der Waals surface area contributed by atoms with Gasteiger partial charge in [0.1, 0.15) is 12.0 Å². The molecule has 1 amide bonds. The van der Waals surface area contributed by atoms with Crippen molar-refractivity contribution < 1.29 is 19.4 Å². The maximum atomic E-state index is 12.7. The molecule has 190 valence electrons. The number of fused-ring (bicyclic) bond motifs is 3. The van der Waals surface area contributed by atoms with Gasteiger partial charge in [-0.25, -0.2) is 4.79 Å². The van der Waals surface area contributed by atoms with Gasteiger partial charge in [-0.2, -0.15) is 0 Å². The van der Waals surface area contributed by atoms with Gasteiger partial charge in [0.25, 0.3) is 0 Å². The Morgan fingerprint density at radius 1 is 1.00 bits per heavy atom. The summed E-state index contributed by atoms with van der Waals surface area (Å²) in [6.45, 7) is 3.42. The van der Waals surface area contributed by atoms with Crippen LogP contribution in [0.2, 0.25) is 0 Å². The quantitative estimate of drug-likeness (QED) is 0.281. The van der Waals surface area contributed by atoms with Crippen LogP contribution >= 0.6 is 0 Å². The third-order valence-electron chi connectivity index (χ3n) is 7.41. The molecule has 3 aromatic rings. The van der Waals surface area contributed by atoms with E-state index < -0.39 is 6.09 Å². The zero-order chi connectivity index (χ0) is 25.6. The van der Waals surface area contributed by atoms with Crippen molar-refractivity contribution in [3.63, 3.8) is 0 Å². The number of piperidine rings is 3. The van der Waals surface area contributed by atoms with Crippen LogP contribution in [0.5, 0.6) is 5.75 Å². The van der Waals surface area contributed by atoms with Crippen LogP contribution in [-0.4, -0.2) is 54.7 Å². The number of hydrogen-bond donors (Lipinski definition) is 1. The second kappa shape index (κ2) is 11.4. The smallest absolute Gasteiger partial charge is 0.412 e. The average molecular weight is 497 g/mol. The van der Waals surface area contributed by atoms with Gasteiger partial charge in [-0.15, -0.1) is 0 Å². The van der Waals surface area contributed by atoms with E-state index in [1.165, 1.54) is 0 Å². The lowest BCUT2D eigenvalue weighted by Gasteiger charge is -2.48. The zero-order valence-corrected chi connectivity index (χ0v) is 20.8. The van der Waals surface area contributed by atoms with E-state index in [4.69, 9.17) is 4.74 Å². The molecule has 0 radical (unpaired) electrons. The van der Waals surface area contributed by atoms with Crippen LogP contribution in [0.4, 0.5) is 10.5 Å². The number of nitrogens with zero attached hydrogens (tertiary/aromatic N) is 2. The minimum Gasteiger partial charge on any atom is -0.493 e. The minimum absolute atomic E-state index is 0.0410. The number of rotatable bonds is 9. The van der Waals surface area contributed by atoms with Crippen LogP contribution in [-0.2, 0) is 0 Å². The molecule has 6 nitrogen and oxygen atoms in total. The SMILES string of the molecule is O=Cc1ccc(OCCC=Cc2ccc(-c3ccccc3)c(N(C(=O)O)[C@H]3CN4CCC3CC4)c2)cc1. The summed E-state index contributed by atoms with van der Waals surface area (Å²) in [5.74, 6) is 1.12. The molecule has 0 spiro atoms. The number of carbonyl (C=O) groups is 2. The van der Waals surface area contributed by atoms with Crippen molar-refractivity contribution in [3.05, 3.63) is 90.0 Å². The molecule has 1 N–H and O–H groups in total. The zero-order valence-electron chi connectivity index (χ0n) is 20.8. The Bertz CT molecular complexity index is 1250. The van der Waals surface area contributed by atoms with E-state index in [0.717, 1.165) is 66.9 Å². The summed E-state index contributed by atoms with van der Waals surface area (Å²) in [4.78, 5) is 27.5. The van der Waals surface area contributed by atoms with Gasteiger partial charge in [-0.1, -0.05) is 54.6 Å². The second-order valence-electron chi connectivity index (χ2n) is 9.73. The highest BCUT2D eigenvalue weighted by Gasteiger charge is 2.40. The molecular weight excluding hydrogens is 464 g/mol. The number of anilines is 1. The summed E-state index contributed by atoms with van der Waals surface area (Å²) in [6, 6.07) is 23.1. The summed E-state index contributed by atoms with van der Waals surface area (Å²) < 4.78 is 5.76. The maximum Gasteiger partial charge on any atom is 0.412 e. The lowest BCUT2D eigenvalue weighted by Crippen LogP contribution is -2.59. The Hall–Kier alpha value is -3.90. The first kappa shape index (κ1) is 24.8. The molecule has 6 heteroatoms. The van der Waals surface area contributed by atoms with Gasteiger partial charge in [-0.3, -0.25) is 9.69 Å². The van der Waals surface area contributed by atoms with Crippen LogP contribution < -0.4 is 9.64 Å². The molecule has 2 bridgehead atoms. The van der Waals surface area contributed by atoms with Crippen LogP contribution in [0.15, 0.2) is 78.9 Å². The van der Waals surface area contributed by atoms with E-state index in [1.807, 2.05) is 60.7 Å². The largest absolute Gasteiger partial charge is 0.493 e. The highest BCUT2D eigenvalue weighted by atomic mass is 16.5. The Kier molecular flexibility index (Phi) is 7.66. The van der Waals surface area contributed by atoms with E-state index >= 15 is 0 Å². The molecule has 3 aliphatic heterocycles. The molecule has 0 aromatic heterocycles. The molecule has 3 saturated heterocycles. The van der Waals surface area contributed by atoms with Gasteiger partial charge in [0.05, 0.1) is 18.3 Å². The van der Waals surface area contributed by atoms with E-state index in [1.54, 1.807) is 29.2 Å². The summed E-state index contributed by atoms with van der Waals surface area (Å²) in [5, 5.41) is 10.4. The fourth-order valence-corrected chi connectivity index (χ4v) is 5.47. The van der Waals surface area contributed by atoms with Crippen molar-refractivity contribution in [1.29, 1.82) is 0 Å². The first-order valence-electron chi connectivity index (χ1n) is 12.9. The highest BCUT2D eigenvalue weighted by Crippen LogP contribution is 2.38.